The number of halogens is 1. The van der Waals surface area contributed by atoms with Crippen LogP contribution in [0.25, 0.3) is 0 Å². The summed E-state index contributed by atoms with van der Waals surface area (Å²) in [6, 6.07) is 1.15. The van der Waals surface area contributed by atoms with E-state index in [4.69, 9.17) is 0 Å². The zero-order valence-corrected chi connectivity index (χ0v) is 10.0. The van der Waals surface area contributed by atoms with Gasteiger partial charge in [-0.2, -0.15) is 5.10 Å². The molecule has 2 aromatic heterocycles. The first-order valence-corrected chi connectivity index (χ1v) is 5.30. The van der Waals surface area contributed by atoms with Crippen LogP contribution in [-0.4, -0.2) is 38.0 Å². The Balaban J connectivity index is 2.09. The highest BCUT2D eigenvalue weighted by molar-refractivity contribution is 5.93. The van der Waals surface area contributed by atoms with Gasteiger partial charge in [-0.05, 0) is 13.0 Å². The normalized spacial score (nSPS) is 10.4. The largest absolute Gasteiger partial charge is 0.334 e. The summed E-state index contributed by atoms with van der Waals surface area (Å²) in [4.78, 5) is 21.1. The Kier molecular flexibility index (Phi) is 3.31. The van der Waals surface area contributed by atoms with Crippen LogP contribution < -0.4 is 0 Å². The molecular weight excluding hydrogens is 237 g/mol. The number of pyridine rings is 1. The molecule has 2 heterocycles. The van der Waals surface area contributed by atoms with E-state index in [9.17, 15) is 9.18 Å². The highest BCUT2D eigenvalue weighted by Gasteiger charge is 2.14. The molecule has 6 nitrogen and oxygen atoms in total. The fourth-order valence-corrected chi connectivity index (χ4v) is 1.49. The van der Waals surface area contributed by atoms with E-state index in [1.807, 2.05) is 0 Å². The Morgan fingerprint density at radius 3 is 2.89 bits per heavy atom. The van der Waals surface area contributed by atoms with Crippen LogP contribution in [-0.2, 0) is 6.54 Å². The van der Waals surface area contributed by atoms with Crippen LogP contribution in [0, 0.1) is 12.7 Å². The van der Waals surface area contributed by atoms with Crippen LogP contribution in [0.4, 0.5) is 4.39 Å². The number of amides is 1. The molecule has 0 fully saturated rings. The lowest BCUT2D eigenvalue weighted by Gasteiger charge is -2.14. The Labute approximate surface area is 103 Å². The average molecular weight is 249 g/mol. The first-order valence-electron chi connectivity index (χ1n) is 5.30. The average Bonchev–Trinajstić information content (AvgIpc) is 2.73. The van der Waals surface area contributed by atoms with Gasteiger partial charge in [-0.1, -0.05) is 0 Å². The van der Waals surface area contributed by atoms with Gasteiger partial charge in [0.1, 0.15) is 11.6 Å². The van der Waals surface area contributed by atoms with Crippen molar-refractivity contribution in [3.63, 3.8) is 0 Å². The standard InChI is InChI=1S/C11H12FN5O/c1-7-14-10(16-15-7)6-17(2)11(18)8-3-9(12)5-13-4-8/h3-5H,6H2,1-2H3,(H,14,15,16). The number of H-pyrrole nitrogens is 1. The number of hydrogen-bond donors (Lipinski definition) is 1. The van der Waals surface area contributed by atoms with Crippen LogP contribution in [0.15, 0.2) is 18.5 Å². The molecule has 7 heteroatoms. The van der Waals surface area contributed by atoms with Gasteiger partial charge in [0.2, 0.25) is 0 Å². The molecule has 0 aliphatic carbocycles. The zero-order chi connectivity index (χ0) is 13.1. The number of carbonyl (C=O) groups excluding carboxylic acids is 1. The topological polar surface area (TPSA) is 74.8 Å². The van der Waals surface area contributed by atoms with E-state index < -0.39 is 5.82 Å². The molecule has 1 amide bonds. The van der Waals surface area contributed by atoms with Gasteiger partial charge in [-0.25, -0.2) is 9.37 Å². The van der Waals surface area contributed by atoms with Crippen LogP contribution in [0.2, 0.25) is 0 Å². The highest BCUT2D eigenvalue weighted by Crippen LogP contribution is 2.06. The second-order valence-electron chi connectivity index (χ2n) is 3.89. The van der Waals surface area contributed by atoms with E-state index in [0.717, 1.165) is 12.3 Å². The molecule has 0 saturated carbocycles. The molecule has 0 saturated heterocycles. The third kappa shape index (κ3) is 2.68. The summed E-state index contributed by atoms with van der Waals surface area (Å²) in [5.74, 6) is 0.318. The summed E-state index contributed by atoms with van der Waals surface area (Å²) in [6.07, 6.45) is 2.38. The minimum absolute atomic E-state index is 0.199. The van der Waals surface area contributed by atoms with Crippen molar-refractivity contribution in [2.75, 3.05) is 7.05 Å². The number of carbonyl (C=O) groups is 1. The fraction of sp³-hybridized carbons (Fsp3) is 0.273. The van der Waals surface area contributed by atoms with E-state index in [2.05, 4.69) is 20.2 Å². The second kappa shape index (κ2) is 4.91. The molecule has 0 spiro atoms. The third-order valence-electron chi connectivity index (χ3n) is 2.32. The van der Waals surface area contributed by atoms with Crippen molar-refractivity contribution in [1.29, 1.82) is 0 Å². The van der Waals surface area contributed by atoms with Gasteiger partial charge < -0.3 is 4.90 Å². The molecule has 0 unspecified atom stereocenters. The number of aromatic amines is 1. The molecule has 18 heavy (non-hydrogen) atoms. The molecule has 2 aromatic rings. The van der Waals surface area contributed by atoms with Crippen molar-refractivity contribution in [2.45, 2.75) is 13.5 Å². The third-order valence-corrected chi connectivity index (χ3v) is 2.32. The molecule has 0 atom stereocenters. The van der Waals surface area contributed by atoms with Gasteiger partial charge in [0.15, 0.2) is 5.82 Å². The zero-order valence-electron chi connectivity index (χ0n) is 10.0. The first-order chi connectivity index (χ1) is 8.56. The number of aryl methyl sites for hydroxylation is 1. The van der Waals surface area contributed by atoms with Crippen molar-refractivity contribution in [2.24, 2.45) is 0 Å². The van der Waals surface area contributed by atoms with E-state index in [1.54, 1.807) is 14.0 Å². The maximum absolute atomic E-state index is 13.0. The van der Waals surface area contributed by atoms with E-state index >= 15 is 0 Å². The lowest BCUT2D eigenvalue weighted by molar-refractivity contribution is 0.0780. The first kappa shape index (κ1) is 12.2. The quantitative estimate of drug-likeness (QED) is 0.877. The van der Waals surface area contributed by atoms with E-state index in [-0.39, 0.29) is 18.0 Å². The minimum atomic E-state index is -0.539. The summed E-state index contributed by atoms with van der Waals surface area (Å²) < 4.78 is 13.0. The Bertz CT molecular complexity index is 568. The molecule has 1 N–H and O–H groups in total. The number of aromatic nitrogens is 4. The molecule has 0 bridgehead atoms. The van der Waals surface area contributed by atoms with E-state index in [0.29, 0.717) is 11.6 Å². The van der Waals surface area contributed by atoms with Gasteiger partial charge in [-0.3, -0.25) is 14.9 Å². The predicted molar refractivity (Wildman–Crippen MR) is 61.1 cm³/mol. The maximum atomic E-state index is 13.0. The second-order valence-corrected chi connectivity index (χ2v) is 3.89. The van der Waals surface area contributed by atoms with Crippen molar-refractivity contribution >= 4 is 5.91 Å². The van der Waals surface area contributed by atoms with Crippen LogP contribution in [0.1, 0.15) is 22.0 Å². The van der Waals surface area contributed by atoms with Gasteiger partial charge in [0.25, 0.3) is 5.91 Å². The maximum Gasteiger partial charge on any atom is 0.255 e. The fourth-order valence-electron chi connectivity index (χ4n) is 1.49. The summed E-state index contributed by atoms with van der Waals surface area (Å²) in [5, 5.41) is 6.62. The molecule has 0 radical (unpaired) electrons. The van der Waals surface area contributed by atoms with Gasteiger partial charge >= 0.3 is 0 Å². The number of rotatable bonds is 3. The number of hydrogen-bond acceptors (Lipinski definition) is 4. The Morgan fingerprint density at radius 2 is 2.28 bits per heavy atom. The van der Waals surface area contributed by atoms with Crippen molar-refractivity contribution in [3.05, 3.63) is 41.5 Å². The summed E-state index contributed by atoms with van der Waals surface area (Å²) >= 11 is 0. The molecule has 0 aliphatic heterocycles. The van der Waals surface area contributed by atoms with Crippen LogP contribution >= 0.6 is 0 Å². The van der Waals surface area contributed by atoms with Crippen molar-refractivity contribution in [1.82, 2.24) is 25.1 Å². The summed E-state index contributed by atoms with van der Waals surface area (Å²) in [7, 11) is 1.60. The molecular formula is C11H12FN5O. The lowest BCUT2D eigenvalue weighted by Crippen LogP contribution is -2.27. The van der Waals surface area contributed by atoms with Gasteiger partial charge in [0.05, 0.1) is 18.3 Å². The highest BCUT2D eigenvalue weighted by atomic mass is 19.1. The smallest absolute Gasteiger partial charge is 0.255 e. The van der Waals surface area contributed by atoms with Crippen molar-refractivity contribution in [3.8, 4) is 0 Å². The summed E-state index contributed by atoms with van der Waals surface area (Å²) in [6.45, 7) is 2.02. The lowest BCUT2D eigenvalue weighted by atomic mass is 10.2. The number of nitrogens with one attached hydrogen (secondary N) is 1. The van der Waals surface area contributed by atoms with Gasteiger partial charge in [0, 0.05) is 13.2 Å². The van der Waals surface area contributed by atoms with Crippen LogP contribution in [0.3, 0.4) is 0 Å². The molecule has 2 rings (SSSR count). The monoisotopic (exact) mass is 249 g/mol. The van der Waals surface area contributed by atoms with Crippen LogP contribution in [0.5, 0.6) is 0 Å². The number of nitrogens with zero attached hydrogens (tertiary/aromatic N) is 4. The Morgan fingerprint density at radius 1 is 1.50 bits per heavy atom. The Hall–Kier alpha value is -2.31. The SMILES string of the molecule is Cc1nc(CN(C)C(=O)c2cncc(F)c2)n[nH]1. The van der Waals surface area contributed by atoms with E-state index in [1.165, 1.54) is 11.1 Å². The molecule has 0 aliphatic rings. The predicted octanol–water partition coefficient (Wildman–Crippen LogP) is 0.919. The minimum Gasteiger partial charge on any atom is -0.334 e. The molecule has 0 aromatic carbocycles. The molecule has 94 valence electrons. The van der Waals surface area contributed by atoms with Crippen molar-refractivity contribution < 1.29 is 9.18 Å². The van der Waals surface area contributed by atoms with Gasteiger partial charge in [-0.15, -0.1) is 0 Å². The summed E-state index contributed by atoms with van der Waals surface area (Å²) in [5.41, 5.74) is 0.199.